The summed E-state index contributed by atoms with van der Waals surface area (Å²) in [6, 6.07) is 15.9. The summed E-state index contributed by atoms with van der Waals surface area (Å²) in [5.74, 6) is -0.496. The minimum Gasteiger partial charge on any atom is -0.487 e. The second-order valence-corrected chi connectivity index (χ2v) is 9.03. The summed E-state index contributed by atoms with van der Waals surface area (Å²) in [4.78, 5) is 16.3. The van der Waals surface area contributed by atoms with Crippen LogP contribution in [0.2, 0.25) is 0 Å². The van der Waals surface area contributed by atoms with Crippen molar-refractivity contribution in [1.82, 2.24) is 14.8 Å². The van der Waals surface area contributed by atoms with Gasteiger partial charge in [0, 0.05) is 24.2 Å². The van der Waals surface area contributed by atoms with Gasteiger partial charge in [-0.15, -0.1) is 0 Å². The first-order valence-corrected chi connectivity index (χ1v) is 11.8. The number of carbonyl (C=O) groups is 1. The van der Waals surface area contributed by atoms with E-state index in [-0.39, 0.29) is 18.0 Å². The van der Waals surface area contributed by atoms with Crippen LogP contribution in [0.3, 0.4) is 0 Å². The van der Waals surface area contributed by atoms with Crippen molar-refractivity contribution >= 4 is 22.5 Å². The van der Waals surface area contributed by atoms with Crippen LogP contribution in [0.1, 0.15) is 48.4 Å². The maximum Gasteiger partial charge on any atom is 0.433 e. The van der Waals surface area contributed by atoms with Gasteiger partial charge in [-0.1, -0.05) is 43.3 Å². The monoisotopic (exact) mass is 512 g/mol. The molecule has 1 amide bonds. The lowest BCUT2D eigenvalue weighted by Gasteiger charge is -2.20. The number of pyridine rings is 1. The largest absolute Gasteiger partial charge is 0.487 e. The number of aromatic nitrogens is 3. The summed E-state index contributed by atoms with van der Waals surface area (Å²) < 4.78 is 46.9. The van der Waals surface area contributed by atoms with Crippen LogP contribution < -0.4 is 10.1 Å². The average Bonchev–Trinajstić information content (AvgIpc) is 3.28. The summed E-state index contributed by atoms with van der Waals surface area (Å²) >= 11 is 0. The molecule has 1 atom stereocenters. The SMILES string of the molecule is CCC(C)(O)CCn1cc2cc(NC(=O)c3cccc(C(F)(F)F)n3)c(OCc3ccccc3)cc2n1. The van der Waals surface area contributed by atoms with Crippen LogP contribution in [0, 0.1) is 0 Å². The van der Waals surface area contributed by atoms with Gasteiger partial charge < -0.3 is 15.2 Å². The molecular formula is C27H27F3N4O3. The van der Waals surface area contributed by atoms with Crippen molar-refractivity contribution in [2.24, 2.45) is 0 Å². The van der Waals surface area contributed by atoms with E-state index in [9.17, 15) is 23.1 Å². The number of anilines is 1. The smallest absolute Gasteiger partial charge is 0.433 e. The molecule has 0 saturated heterocycles. The first-order chi connectivity index (χ1) is 17.5. The molecule has 0 radical (unpaired) electrons. The fraction of sp³-hybridized carbons (Fsp3) is 0.296. The fourth-order valence-corrected chi connectivity index (χ4v) is 3.61. The minimum absolute atomic E-state index is 0.205. The topological polar surface area (TPSA) is 89.3 Å². The Kier molecular flexibility index (Phi) is 7.49. The molecule has 4 aromatic rings. The van der Waals surface area contributed by atoms with Gasteiger partial charge in [0.25, 0.3) is 5.91 Å². The zero-order valence-electron chi connectivity index (χ0n) is 20.4. The zero-order chi connectivity index (χ0) is 26.6. The molecule has 0 spiro atoms. The van der Waals surface area contributed by atoms with Crippen molar-refractivity contribution in [3.05, 3.63) is 83.8 Å². The number of hydrogen-bond acceptors (Lipinski definition) is 5. The Morgan fingerprint density at radius 3 is 2.57 bits per heavy atom. The number of rotatable bonds is 9. The third kappa shape index (κ3) is 6.65. The van der Waals surface area contributed by atoms with Crippen LogP contribution in [0.25, 0.3) is 10.9 Å². The first kappa shape index (κ1) is 26.2. The highest BCUT2D eigenvalue weighted by Crippen LogP contribution is 2.32. The van der Waals surface area contributed by atoms with Crippen molar-refractivity contribution in [3.8, 4) is 5.75 Å². The van der Waals surface area contributed by atoms with Crippen LogP contribution in [0.4, 0.5) is 18.9 Å². The highest BCUT2D eigenvalue weighted by Gasteiger charge is 2.33. The summed E-state index contributed by atoms with van der Waals surface area (Å²) in [6.07, 6.45) is -1.79. The molecule has 0 aliphatic rings. The average molecular weight is 513 g/mol. The number of nitrogens with zero attached hydrogens (tertiary/aromatic N) is 3. The van der Waals surface area contributed by atoms with E-state index < -0.39 is 23.4 Å². The van der Waals surface area contributed by atoms with E-state index in [0.29, 0.717) is 36.0 Å². The number of nitrogens with one attached hydrogen (secondary N) is 1. The lowest BCUT2D eigenvalue weighted by Crippen LogP contribution is -2.24. The van der Waals surface area contributed by atoms with Crippen molar-refractivity contribution in [2.45, 2.75) is 51.6 Å². The lowest BCUT2D eigenvalue weighted by atomic mass is 10.00. The van der Waals surface area contributed by atoms with E-state index in [0.717, 1.165) is 17.7 Å². The van der Waals surface area contributed by atoms with Crippen molar-refractivity contribution in [2.75, 3.05) is 5.32 Å². The number of carbonyl (C=O) groups excluding carboxylic acids is 1. The summed E-state index contributed by atoms with van der Waals surface area (Å²) in [5, 5.41) is 18.2. The van der Waals surface area contributed by atoms with Crippen molar-refractivity contribution in [1.29, 1.82) is 0 Å². The number of aliphatic hydroxyl groups is 1. The second kappa shape index (κ2) is 10.6. The number of halogens is 3. The first-order valence-electron chi connectivity index (χ1n) is 11.8. The molecule has 2 aromatic heterocycles. The van der Waals surface area contributed by atoms with E-state index in [1.807, 2.05) is 37.3 Å². The molecule has 1 unspecified atom stereocenters. The normalized spacial score (nSPS) is 13.4. The van der Waals surface area contributed by atoms with Crippen molar-refractivity contribution in [3.63, 3.8) is 0 Å². The molecule has 10 heteroatoms. The molecular weight excluding hydrogens is 485 g/mol. The molecule has 194 valence electrons. The third-order valence-electron chi connectivity index (χ3n) is 6.05. The van der Waals surface area contributed by atoms with Gasteiger partial charge >= 0.3 is 6.18 Å². The lowest BCUT2D eigenvalue weighted by molar-refractivity contribution is -0.141. The van der Waals surface area contributed by atoms with Gasteiger partial charge in [0.1, 0.15) is 23.7 Å². The Balaban J connectivity index is 1.64. The molecule has 4 rings (SSSR count). The zero-order valence-corrected chi connectivity index (χ0v) is 20.4. The molecule has 0 fully saturated rings. The minimum atomic E-state index is -4.67. The molecule has 37 heavy (non-hydrogen) atoms. The van der Waals surface area contributed by atoms with E-state index >= 15 is 0 Å². The molecule has 7 nitrogen and oxygen atoms in total. The van der Waals surface area contributed by atoms with Crippen LogP contribution in [-0.4, -0.2) is 31.4 Å². The van der Waals surface area contributed by atoms with E-state index in [1.165, 1.54) is 6.07 Å². The van der Waals surface area contributed by atoms with E-state index in [4.69, 9.17) is 4.74 Å². The Hall–Kier alpha value is -3.92. The van der Waals surface area contributed by atoms with Crippen LogP contribution in [0.15, 0.2) is 66.9 Å². The molecule has 0 bridgehead atoms. The highest BCUT2D eigenvalue weighted by atomic mass is 19.4. The molecule has 2 N–H and O–H groups in total. The number of fused-ring (bicyclic) bond motifs is 1. The Morgan fingerprint density at radius 2 is 1.86 bits per heavy atom. The Bertz CT molecular complexity index is 1380. The van der Waals surface area contributed by atoms with Gasteiger partial charge in [-0.25, -0.2) is 4.98 Å². The van der Waals surface area contributed by atoms with Crippen LogP contribution >= 0.6 is 0 Å². The number of amides is 1. The van der Waals surface area contributed by atoms with Crippen LogP contribution in [0.5, 0.6) is 5.75 Å². The maximum absolute atomic E-state index is 13.1. The van der Waals surface area contributed by atoms with E-state index in [1.54, 1.807) is 29.9 Å². The number of ether oxygens (including phenoxy) is 1. The number of hydrogen-bond donors (Lipinski definition) is 2. The van der Waals surface area contributed by atoms with Crippen molar-refractivity contribution < 1.29 is 27.8 Å². The Morgan fingerprint density at radius 1 is 1.11 bits per heavy atom. The molecule has 2 heterocycles. The van der Waals surface area contributed by atoms with Gasteiger partial charge in [-0.3, -0.25) is 9.48 Å². The molecule has 0 aliphatic heterocycles. The molecule has 0 aliphatic carbocycles. The number of aryl methyl sites for hydroxylation is 1. The quantitative estimate of drug-likeness (QED) is 0.295. The summed E-state index contributed by atoms with van der Waals surface area (Å²) in [5.41, 5.74) is -0.574. The van der Waals surface area contributed by atoms with Crippen LogP contribution in [-0.2, 0) is 19.3 Å². The second-order valence-electron chi connectivity index (χ2n) is 9.03. The Labute approximate surface area is 211 Å². The van der Waals surface area contributed by atoms with Gasteiger partial charge in [0.2, 0.25) is 0 Å². The highest BCUT2D eigenvalue weighted by molar-refractivity contribution is 6.05. The van der Waals surface area contributed by atoms with Gasteiger partial charge in [0.05, 0.1) is 16.8 Å². The predicted octanol–water partition coefficient (Wildman–Crippen LogP) is 5.83. The number of benzene rings is 2. The fourth-order valence-electron chi connectivity index (χ4n) is 3.61. The molecule has 2 aromatic carbocycles. The number of alkyl halides is 3. The summed E-state index contributed by atoms with van der Waals surface area (Å²) in [7, 11) is 0. The maximum atomic E-state index is 13.1. The van der Waals surface area contributed by atoms with E-state index in [2.05, 4.69) is 15.4 Å². The van der Waals surface area contributed by atoms with Gasteiger partial charge in [-0.05, 0) is 43.5 Å². The third-order valence-corrected chi connectivity index (χ3v) is 6.05. The standard InChI is InChI=1S/C27H27F3N4O3/c1-3-26(2,36)12-13-34-16-19-14-22(32-25(35)20-10-7-11-24(31-20)27(28,29)30)23(15-21(19)33-34)37-17-18-8-5-4-6-9-18/h4-11,14-16,36H,3,12-13,17H2,1-2H3,(H,32,35). The summed E-state index contributed by atoms with van der Waals surface area (Å²) in [6.45, 7) is 4.36. The molecule has 0 saturated carbocycles. The van der Waals surface area contributed by atoms with Gasteiger partial charge in [-0.2, -0.15) is 18.3 Å². The van der Waals surface area contributed by atoms with Gasteiger partial charge in [0.15, 0.2) is 0 Å². The predicted molar refractivity (Wildman–Crippen MR) is 133 cm³/mol.